The van der Waals surface area contributed by atoms with Gasteiger partial charge < -0.3 is 10.6 Å². The fourth-order valence-electron chi connectivity index (χ4n) is 2.43. The molecule has 1 aromatic heterocycles. The molecule has 5 heteroatoms. The van der Waals surface area contributed by atoms with Crippen LogP contribution in [-0.4, -0.2) is 24.1 Å². The van der Waals surface area contributed by atoms with E-state index in [2.05, 4.69) is 16.0 Å². The average Bonchev–Trinajstić information content (AvgIpc) is 2.62. The number of nitrogen functional groups attached to an aromatic ring is 1. The van der Waals surface area contributed by atoms with Crippen molar-refractivity contribution in [2.75, 3.05) is 24.7 Å². The molecule has 0 unspecified atom stereocenters. The lowest BCUT2D eigenvalue weighted by atomic mass is 10.1. The van der Waals surface area contributed by atoms with Crippen LogP contribution < -0.4 is 10.6 Å². The highest BCUT2D eigenvalue weighted by Crippen LogP contribution is 2.29. The minimum Gasteiger partial charge on any atom is -0.382 e. The lowest BCUT2D eigenvalue weighted by Gasteiger charge is -2.13. The summed E-state index contributed by atoms with van der Waals surface area (Å²) in [6, 6.07) is 19.6. The molecule has 0 amide bonds. The minimum absolute atomic E-state index is 0.193. The Bertz CT molecular complexity index is 894. The van der Waals surface area contributed by atoms with Crippen molar-refractivity contribution in [1.82, 2.24) is 9.97 Å². The molecule has 0 bridgehead atoms. The fourth-order valence-corrected chi connectivity index (χ4v) is 2.43. The third-order valence-corrected chi connectivity index (χ3v) is 3.74. The van der Waals surface area contributed by atoms with E-state index in [0.717, 1.165) is 16.8 Å². The summed E-state index contributed by atoms with van der Waals surface area (Å²) < 4.78 is 0. The van der Waals surface area contributed by atoms with Crippen LogP contribution in [0.3, 0.4) is 0 Å². The molecule has 0 atom stereocenters. The third-order valence-electron chi connectivity index (χ3n) is 3.74. The van der Waals surface area contributed by atoms with E-state index in [1.54, 1.807) is 0 Å². The van der Waals surface area contributed by atoms with Crippen LogP contribution in [0.25, 0.3) is 22.6 Å². The average molecular weight is 315 g/mol. The van der Waals surface area contributed by atoms with Gasteiger partial charge in [-0.25, -0.2) is 9.97 Å². The predicted molar refractivity (Wildman–Crippen MR) is 96.4 cm³/mol. The van der Waals surface area contributed by atoms with Crippen molar-refractivity contribution in [2.45, 2.75) is 0 Å². The number of nitriles is 1. The second-order valence-corrected chi connectivity index (χ2v) is 5.58. The molecular formula is C19H17N5. The molecular weight excluding hydrogens is 298 g/mol. The summed E-state index contributed by atoms with van der Waals surface area (Å²) >= 11 is 0. The summed E-state index contributed by atoms with van der Waals surface area (Å²) in [5.41, 5.74) is 9.62. The first-order valence-corrected chi connectivity index (χ1v) is 7.51. The number of benzene rings is 2. The van der Waals surface area contributed by atoms with Crippen LogP contribution in [0.5, 0.6) is 0 Å². The maximum absolute atomic E-state index is 9.45. The van der Waals surface area contributed by atoms with E-state index in [4.69, 9.17) is 5.73 Å². The van der Waals surface area contributed by atoms with Crippen LogP contribution in [0.1, 0.15) is 5.56 Å². The van der Waals surface area contributed by atoms with E-state index in [0.29, 0.717) is 17.1 Å². The molecule has 2 N–H and O–H groups in total. The molecule has 0 fully saturated rings. The maximum Gasteiger partial charge on any atom is 0.162 e. The van der Waals surface area contributed by atoms with Gasteiger partial charge in [0.15, 0.2) is 5.82 Å². The summed E-state index contributed by atoms with van der Waals surface area (Å²) in [6.45, 7) is 0. The summed E-state index contributed by atoms with van der Waals surface area (Å²) in [5.74, 6) is 0.705. The van der Waals surface area contributed by atoms with Crippen LogP contribution in [0.4, 0.5) is 11.5 Å². The van der Waals surface area contributed by atoms with Gasteiger partial charge in [-0.2, -0.15) is 5.26 Å². The zero-order chi connectivity index (χ0) is 17.1. The zero-order valence-electron chi connectivity index (χ0n) is 13.6. The van der Waals surface area contributed by atoms with Gasteiger partial charge in [0, 0.05) is 30.9 Å². The Kier molecular flexibility index (Phi) is 4.13. The molecule has 3 rings (SSSR count). The first kappa shape index (κ1) is 15.5. The molecule has 0 aliphatic rings. The number of aromatic nitrogens is 2. The van der Waals surface area contributed by atoms with Gasteiger partial charge in [-0.3, -0.25) is 0 Å². The van der Waals surface area contributed by atoms with Crippen molar-refractivity contribution < 1.29 is 0 Å². The van der Waals surface area contributed by atoms with Gasteiger partial charge in [0.25, 0.3) is 0 Å². The van der Waals surface area contributed by atoms with Gasteiger partial charge in [0.1, 0.15) is 17.5 Å². The van der Waals surface area contributed by atoms with Crippen molar-refractivity contribution in [3.05, 3.63) is 60.2 Å². The van der Waals surface area contributed by atoms with Crippen molar-refractivity contribution in [3.8, 4) is 28.7 Å². The Morgan fingerprint density at radius 1 is 0.917 bits per heavy atom. The topological polar surface area (TPSA) is 78.8 Å². The lowest BCUT2D eigenvalue weighted by molar-refractivity contribution is 1.13. The van der Waals surface area contributed by atoms with Gasteiger partial charge in [-0.1, -0.05) is 42.5 Å². The highest BCUT2D eigenvalue weighted by molar-refractivity contribution is 5.75. The summed E-state index contributed by atoms with van der Waals surface area (Å²) in [7, 11) is 3.96. The molecule has 0 spiro atoms. The number of nitrogens with zero attached hydrogens (tertiary/aromatic N) is 4. The van der Waals surface area contributed by atoms with E-state index < -0.39 is 0 Å². The fraction of sp³-hybridized carbons (Fsp3) is 0.105. The third kappa shape index (κ3) is 2.90. The number of nitrogens with two attached hydrogens (primary N) is 1. The Labute approximate surface area is 141 Å². The maximum atomic E-state index is 9.45. The molecule has 1 heterocycles. The van der Waals surface area contributed by atoms with Crippen molar-refractivity contribution in [2.24, 2.45) is 0 Å². The second kappa shape index (κ2) is 6.39. The Morgan fingerprint density at radius 3 is 2.17 bits per heavy atom. The molecule has 118 valence electrons. The number of hydrogen-bond acceptors (Lipinski definition) is 5. The second-order valence-electron chi connectivity index (χ2n) is 5.58. The van der Waals surface area contributed by atoms with E-state index in [1.807, 2.05) is 73.6 Å². The molecule has 3 aromatic rings. The Balaban J connectivity index is 2.15. The number of hydrogen-bond donors (Lipinski definition) is 1. The molecule has 5 nitrogen and oxygen atoms in total. The largest absolute Gasteiger partial charge is 0.382 e. The number of rotatable bonds is 3. The molecule has 0 saturated carbocycles. The first-order chi connectivity index (χ1) is 11.6. The van der Waals surface area contributed by atoms with E-state index >= 15 is 0 Å². The highest BCUT2D eigenvalue weighted by atomic mass is 15.1. The normalized spacial score (nSPS) is 10.2. The van der Waals surface area contributed by atoms with Crippen LogP contribution in [0.2, 0.25) is 0 Å². The highest BCUT2D eigenvalue weighted by Gasteiger charge is 2.15. The van der Waals surface area contributed by atoms with Gasteiger partial charge in [-0.05, 0) is 12.1 Å². The van der Waals surface area contributed by atoms with Gasteiger partial charge in [0.05, 0.1) is 5.69 Å². The standard InChI is InChI=1S/C19H17N5/c1-24(2)15-10-8-13(9-11-15)17-16(12-20)18(21)23-19(22-17)14-6-4-3-5-7-14/h3-11H,1-2H3,(H2,21,22,23). The SMILES string of the molecule is CN(C)c1ccc(-c2nc(-c3ccccc3)nc(N)c2C#N)cc1. The van der Waals surface area contributed by atoms with Crippen LogP contribution in [0, 0.1) is 11.3 Å². The van der Waals surface area contributed by atoms with Gasteiger partial charge in [-0.15, -0.1) is 0 Å². The molecule has 24 heavy (non-hydrogen) atoms. The van der Waals surface area contributed by atoms with Gasteiger partial charge >= 0.3 is 0 Å². The van der Waals surface area contributed by atoms with Crippen LogP contribution in [0.15, 0.2) is 54.6 Å². The van der Waals surface area contributed by atoms with Crippen molar-refractivity contribution in [1.29, 1.82) is 5.26 Å². The number of anilines is 2. The smallest absolute Gasteiger partial charge is 0.162 e. The van der Waals surface area contributed by atoms with E-state index in [1.165, 1.54) is 0 Å². The minimum atomic E-state index is 0.193. The molecule has 0 saturated heterocycles. The lowest BCUT2D eigenvalue weighted by Crippen LogP contribution is -2.08. The summed E-state index contributed by atoms with van der Waals surface area (Å²) in [6.07, 6.45) is 0. The van der Waals surface area contributed by atoms with Crippen molar-refractivity contribution >= 4 is 11.5 Å². The van der Waals surface area contributed by atoms with Crippen LogP contribution in [-0.2, 0) is 0 Å². The van der Waals surface area contributed by atoms with E-state index in [9.17, 15) is 5.26 Å². The predicted octanol–water partition coefficient (Wildman–Crippen LogP) is 3.33. The Hall–Kier alpha value is -3.39. The van der Waals surface area contributed by atoms with Crippen LogP contribution >= 0.6 is 0 Å². The molecule has 0 aliphatic carbocycles. The molecule has 2 aromatic carbocycles. The molecule has 0 radical (unpaired) electrons. The summed E-state index contributed by atoms with van der Waals surface area (Å²) in [5, 5.41) is 9.45. The molecule has 0 aliphatic heterocycles. The van der Waals surface area contributed by atoms with Gasteiger partial charge in [0.2, 0.25) is 0 Å². The summed E-state index contributed by atoms with van der Waals surface area (Å²) in [4.78, 5) is 10.9. The monoisotopic (exact) mass is 315 g/mol. The zero-order valence-corrected chi connectivity index (χ0v) is 13.6. The quantitative estimate of drug-likeness (QED) is 0.802. The van der Waals surface area contributed by atoms with E-state index in [-0.39, 0.29) is 5.82 Å². The first-order valence-electron chi connectivity index (χ1n) is 7.51. The van der Waals surface area contributed by atoms with Crippen molar-refractivity contribution in [3.63, 3.8) is 0 Å². The Morgan fingerprint density at radius 2 is 1.58 bits per heavy atom.